The van der Waals surface area contributed by atoms with Crippen molar-refractivity contribution in [1.82, 2.24) is 10.2 Å². The minimum Gasteiger partial charge on any atom is -0.383 e. The van der Waals surface area contributed by atoms with Crippen LogP contribution in [-0.4, -0.2) is 50.8 Å². The molecule has 1 aliphatic carbocycles. The van der Waals surface area contributed by atoms with Crippen LogP contribution < -0.4 is 5.32 Å². The van der Waals surface area contributed by atoms with E-state index in [-0.39, 0.29) is 0 Å². The largest absolute Gasteiger partial charge is 0.383 e. The average Bonchev–Trinajstić information content (AvgIpc) is 2.40. The van der Waals surface area contributed by atoms with Gasteiger partial charge in [-0.15, -0.1) is 0 Å². The van der Waals surface area contributed by atoms with Crippen LogP contribution in [0.5, 0.6) is 0 Å². The molecule has 4 unspecified atom stereocenters. The Morgan fingerprint density at radius 3 is 2.48 bits per heavy atom. The lowest BCUT2D eigenvalue weighted by atomic mass is 9.67. The maximum absolute atomic E-state index is 5.31. The van der Waals surface area contributed by atoms with Crippen LogP contribution in [0.15, 0.2) is 0 Å². The third kappa shape index (κ3) is 5.88. The Kier molecular flexibility index (Phi) is 7.66. The lowest BCUT2D eigenvalue weighted by Crippen LogP contribution is -2.48. The van der Waals surface area contributed by atoms with E-state index < -0.39 is 0 Å². The van der Waals surface area contributed by atoms with Gasteiger partial charge in [0.05, 0.1) is 6.61 Å². The quantitative estimate of drug-likeness (QED) is 0.779. The van der Waals surface area contributed by atoms with Crippen LogP contribution in [0.25, 0.3) is 0 Å². The molecule has 1 fully saturated rings. The van der Waals surface area contributed by atoms with Gasteiger partial charge in [-0.05, 0) is 57.0 Å². The Balaban J connectivity index is 2.66. The van der Waals surface area contributed by atoms with Crippen molar-refractivity contribution >= 4 is 0 Å². The molecular formula is C18H38N2O. The highest BCUT2D eigenvalue weighted by Gasteiger charge is 2.36. The molecule has 0 amide bonds. The van der Waals surface area contributed by atoms with E-state index >= 15 is 0 Å². The molecule has 4 atom stereocenters. The number of methoxy groups -OCH3 is 1. The molecule has 0 aliphatic heterocycles. The lowest BCUT2D eigenvalue weighted by molar-refractivity contribution is 0.0643. The Labute approximate surface area is 132 Å². The number of nitrogens with zero attached hydrogens (tertiary/aromatic N) is 1. The van der Waals surface area contributed by atoms with Gasteiger partial charge in [0.25, 0.3) is 0 Å². The van der Waals surface area contributed by atoms with E-state index in [0.717, 1.165) is 25.0 Å². The molecule has 0 spiro atoms. The Hall–Kier alpha value is -0.120. The highest BCUT2D eigenvalue weighted by atomic mass is 16.5. The van der Waals surface area contributed by atoms with Gasteiger partial charge in [0.15, 0.2) is 0 Å². The van der Waals surface area contributed by atoms with Crippen LogP contribution in [-0.2, 0) is 4.74 Å². The summed E-state index contributed by atoms with van der Waals surface area (Å²) in [6.07, 6.45) is 4.05. The predicted molar refractivity (Wildman–Crippen MR) is 91.7 cm³/mol. The van der Waals surface area contributed by atoms with Gasteiger partial charge in [0.1, 0.15) is 0 Å². The van der Waals surface area contributed by atoms with Crippen LogP contribution in [0.2, 0.25) is 0 Å². The van der Waals surface area contributed by atoms with Crippen molar-refractivity contribution in [2.24, 2.45) is 17.3 Å². The summed E-state index contributed by atoms with van der Waals surface area (Å²) in [6.45, 7) is 14.8. The SMILES string of the molecule is CCNC1CCC(C(C)(C)C)CC1CN(C)C(C)COC. The molecule has 21 heavy (non-hydrogen) atoms. The summed E-state index contributed by atoms with van der Waals surface area (Å²) in [6, 6.07) is 1.18. The van der Waals surface area contributed by atoms with Crippen LogP contribution in [0.1, 0.15) is 53.9 Å². The smallest absolute Gasteiger partial charge is 0.0615 e. The predicted octanol–water partition coefficient (Wildman–Crippen LogP) is 3.39. The van der Waals surface area contributed by atoms with E-state index in [4.69, 9.17) is 4.74 Å². The zero-order valence-corrected chi connectivity index (χ0v) is 15.4. The molecule has 1 N–H and O–H groups in total. The van der Waals surface area contributed by atoms with Crippen molar-refractivity contribution in [3.63, 3.8) is 0 Å². The first kappa shape index (κ1) is 18.9. The molecule has 1 saturated carbocycles. The third-order valence-corrected chi connectivity index (χ3v) is 5.36. The van der Waals surface area contributed by atoms with Gasteiger partial charge < -0.3 is 15.0 Å². The number of nitrogens with one attached hydrogen (secondary N) is 1. The molecular weight excluding hydrogens is 260 g/mol. The summed E-state index contributed by atoms with van der Waals surface area (Å²) < 4.78 is 5.31. The maximum Gasteiger partial charge on any atom is 0.0615 e. The highest BCUT2D eigenvalue weighted by Crippen LogP contribution is 2.40. The molecule has 0 aromatic rings. The molecule has 0 radical (unpaired) electrons. The van der Waals surface area contributed by atoms with Gasteiger partial charge in [0.2, 0.25) is 0 Å². The van der Waals surface area contributed by atoms with E-state index in [1.165, 1.54) is 25.8 Å². The molecule has 3 nitrogen and oxygen atoms in total. The van der Waals surface area contributed by atoms with Gasteiger partial charge >= 0.3 is 0 Å². The molecule has 0 saturated heterocycles. The Bertz CT molecular complexity index is 287. The topological polar surface area (TPSA) is 24.5 Å². The van der Waals surface area contributed by atoms with Gasteiger partial charge in [-0.3, -0.25) is 0 Å². The first-order valence-electron chi connectivity index (χ1n) is 8.72. The molecule has 0 aromatic heterocycles. The van der Waals surface area contributed by atoms with E-state index in [1.807, 2.05) is 0 Å². The fourth-order valence-corrected chi connectivity index (χ4v) is 3.70. The second-order valence-electron chi connectivity index (χ2n) is 8.04. The third-order valence-electron chi connectivity index (χ3n) is 5.36. The second kappa shape index (κ2) is 8.50. The van der Waals surface area contributed by atoms with Crippen molar-refractivity contribution in [1.29, 1.82) is 0 Å². The zero-order chi connectivity index (χ0) is 16.0. The minimum atomic E-state index is 0.437. The minimum absolute atomic E-state index is 0.437. The summed E-state index contributed by atoms with van der Waals surface area (Å²) in [5.74, 6) is 1.61. The number of rotatable bonds is 7. The highest BCUT2D eigenvalue weighted by molar-refractivity contribution is 4.90. The molecule has 126 valence electrons. The molecule has 3 heteroatoms. The fraction of sp³-hybridized carbons (Fsp3) is 1.00. The van der Waals surface area contributed by atoms with Crippen molar-refractivity contribution in [3.8, 4) is 0 Å². The molecule has 0 bridgehead atoms. The van der Waals surface area contributed by atoms with Crippen molar-refractivity contribution in [3.05, 3.63) is 0 Å². The van der Waals surface area contributed by atoms with Gasteiger partial charge in [-0.25, -0.2) is 0 Å². The summed E-state index contributed by atoms with van der Waals surface area (Å²) in [4.78, 5) is 2.48. The van der Waals surface area contributed by atoms with E-state index in [0.29, 0.717) is 17.5 Å². The normalized spacial score (nSPS) is 28.9. The fourth-order valence-electron chi connectivity index (χ4n) is 3.70. The summed E-state index contributed by atoms with van der Waals surface area (Å²) in [5, 5.41) is 3.72. The standard InChI is InChI=1S/C18H38N2O/c1-8-19-17-10-9-16(18(3,4)5)11-15(17)12-20(6)14(2)13-21-7/h14-17,19H,8-13H2,1-7H3. The summed E-state index contributed by atoms with van der Waals surface area (Å²) in [5.41, 5.74) is 0.437. The van der Waals surface area contributed by atoms with Crippen molar-refractivity contribution in [2.45, 2.75) is 66.0 Å². The molecule has 0 heterocycles. The van der Waals surface area contributed by atoms with Crippen molar-refractivity contribution in [2.75, 3.05) is 33.9 Å². The average molecular weight is 299 g/mol. The molecule has 0 aromatic carbocycles. The van der Waals surface area contributed by atoms with E-state index in [1.54, 1.807) is 7.11 Å². The monoisotopic (exact) mass is 298 g/mol. The van der Waals surface area contributed by atoms with E-state index in [9.17, 15) is 0 Å². The second-order valence-corrected chi connectivity index (χ2v) is 8.04. The number of likely N-dealkylation sites (N-methyl/N-ethyl adjacent to an activating group) is 1. The molecule has 1 rings (SSSR count). The van der Waals surface area contributed by atoms with Crippen LogP contribution in [0.4, 0.5) is 0 Å². The maximum atomic E-state index is 5.31. The Morgan fingerprint density at radius 2 is 1.95 bits per heavy atom. The first-order valence-corrected chi connectivity index (χ1v) is 8.72. The van der Waals surface area contributed by atoms with Gasteiger partial charge in [-0.1, -0.05) is 27.7 Å². The van der Waals surface area contributed by atoms with Gasteiger partial charge in [-0.2, -0.15) is 0 Å². The first-order chi connectivity index (χ1) is 9.79. The van der Waals surface area contributed by atoms with E-state index in [2.05, 4.69) is 51.9 Å². The van der Waals surface area contributed by atoms with Crippen molar-refractivity contribution < 1.29 is 4.74 Å². The summed E-state index contributed by atoms with van der Waals surface area (Å²) >= 11 is 0. The Morgan fingerprint density at radius 1 is 1.29 bits per heavy atom. The lowest BCUT2D eigenvalue weighted by Gasteiger charge is -2.44. The molecule has 1 aliphatic rings. The van der Waals surface area contributed by atoms with Gasteiger partial charge in [0, 0.05) is 25.7 Å². The zero-order valence-electron chi connectivity index (χ0n) is 15.4. The number of hydrogen-bond donors (Lipinski definition) is 1. The van der Waals surface area contributed by atoms with Crippen LogP contribution >= 0.6 is 0 Å². The number of hydrogen-bond acceptors (Lipinski definition) is 3. The van der Waals surface area contributed by atoms with Crippen LogP contribution in [0, 0.1) is 17.3 Å². The summed E-state index contributed by atoms with van der Waals surface area (Å²) in [7, 11) is 4.04. The van der Waals surface area contributed by atoms with Crippen LogP contribution in [0.3, 0.4) is 0 Å². The number of ether oxygens (including phenoxy) is 1.